The van der Waals surface area contributed by atoms with Gasteiger partial charge in [-0.25, -0.2) is 19.7 Å². The van der Waals surface area contributed by atoms with Crippen LogP contribution in [-0.2, 0) is 6.18 Å². The largest absolute Gasteiger partial charge is 0.424 e. The molecule has 2 heterocycles. The summed E-state index contributed by atoms with van der Waals surface area (Å²) in [7, 11) is 0. The fraction of sp³-hybridized carbons (Fsp3) is 0.130. The van der Waals surface area contributed by atoms with E-state index in [9.17, 15) is 18.0 Å². The number of thiazole rings is 1. The van der Waals surface area contributed by atoms with E-state index in [1.54, 1.807) is 29.7 Å². The van der Waals surface area contributed by atoms with Gasteiger partial charge < -0.3 is 20.7 Å². The number of benzene rings is 2. The number of anilines is 3. The number of alkyl halides is 3. The minimum Gasteiger partial charge on any atom is -0.424 e. The number of hydrogen-bond donors (Lipinski definition) is 3. The number of nitrogens with one attached hydrogen (secondary N) is 3. The average Bonchev–Trinajstić information content (AvgIpc) is 3.29. The molecular weight excluding hydrogens is 517 g/mol. The van der Waals surface area contributed by atoms with Crippen molar-refractivity contribution in [3.8, 4) is 22.2 Å². The average molecular weight is 535 g/mol. The van der Waals surface area contributed by atoms with Gasteiger partial charge in [0.15, 0.2) is 5.13 Å². The van der Waals surface area contributed by atoms with Crippen molar-refractivity contribution in [1.29, 1.82) is 0 Å². The molecule has 13 heteroatoms. The van der Waals surface area contributed by atoms with Gasteiger partial charge in [0.05, 0.1) is 28.5 Å². The zero-order valence-corrected chi connectivity index (χ0v) is 20.1. The van der Waals surface area contributed by atoms with E-state index in [-0.39, 0.29) is 22.4 Å². The quantitative estimate of drug-likeness (QED) is 0.233. The monoisotopic (exact) mass is 534 g/mol. The van der Waals surface area contributed by atoms with Crippen LogP contribution < -0.4 is 20.7 Å². The van der Waals surface area contributed by atoms with Crippen LogP contribution in [0.2, 0.25) is 5.02 Å². The summed E-state index contributed by atoms with van der Waals surface area (Å²) >= 11 is 7.27. The van der Waals surface area contributed by atoms with E-state index in [0.717, 1.165) is 34.2 Å². The second-order valence-electron chi connectivity index (χ2n) is 7.25. The third kappa shape index (κ3) is 6.61. The number of halogens is 4. The predicted octanol–water partition coefficient (Wildman–Crippen LogP) is 7.14. The molecule has 0 aliphatic heterocycles. The van der Waals surface area contributed by atoms with Gasteiger partial charge in [0.1, 0.15) is 5.75 Å². The summed E-state index contributed by atoms with van der Waals surface area (Å²) in [4.78, 5) is 25.6. The third-order valence-corrected chi connectivity index (χ3v) is 5.77. The van der Waals surface area contributed by atoms with E-state index in [1.165, 1.54) is 18.5 Å². The molecule has 8 nitrogen and oxygen atoms in total. The normalized spacial score (nSPS) is 11.1. The summed E-state index contributed by atoms with van der Waals surface area (Å²) < 4.78 is 44.4. The van der Waals surface area contributed by atoms with Gasteiger partial charge in [0.25, 0.3) is 0 Å². The number of carbonyl (C=O) groups is 1. The number of urea groups is 1. The Labute approximate surface area is 212 Å². The molecule has 0 spiro atoms. The predicted molar refractivity (Wildman–Crippen MR) is 133 cm³/mol. The lowest BCUT2D eigenvalue weighted by atomic mass is 10.2. The lowest BCUT2D eigenvalue weighted by Gasteiger charge is -2.11. The zero-order valence-electron chi connectivity index (χ0n) is 18.6. The highest BCUT2D eigenvalue weighted by Gasteiger charge is 2.31. The van der Waals surface area contributed by atoms with Crippen molar-refractivity contribution in [3.05, 3.63) is 71.6 Å². The molecule has 186 valence electrons. The summed E-state index contributed by atoms with van der Waals surface area (Å²) in [6.07, 6.45) is -0.201. The third-order valence-electron chi connectivity index (χ3n) is 4.55. The maximum Gasteiger partial charge on any atom is 0.416 e. The Kier molecular flexibility index (Phi) is 7.55. The standard InChI is InChI=1S/C23H18ClF3N6O2S/c1-2-28-22-31-12-19(36-22)13-3-5-18(6-4-13)35-21-29-10-17(11-30-21)33-20(34)32-16-8-14(23(25,26)27)7-15(24)9-16/h3-12H,2H2,1H3,(H,28,31)(H2,32,33,34). The van der Waals surface area contributed by atoms with Crippen molar-refractivity contribution in [3.63, 3.8) is 0 Å². The summed E-state index contributed by atoms with van der Waals surface area (Å²) in [6, 6.07) is 9.31. The van der Waals surface area contributed by atoms with Crippen molar-refractivity contribution in [2.45, 2.75) is 13.1 Å². The Morgan fingerprint density at radius 3 is 2.36 bits per heavy atom. The molecule has 3 N–H and O–H groups in total. The minimum absolute atomic E-state index is 0.0468. The first-order valence-electron chi connectivity index (χ1n) is 10.5. The van der Waals surface area contributed by atoms with Crippen molar-refractivity contribution < 1.29 is 22.7 Å². The molecule has 0 atom stereocenters. The molecule has 0 fully saturated rings. The fourth-order valence-corrected chi connectivity index (χ4v) is 4.11. The first-order valence-corrected chi connectivity index (χ1v) is 11.6. The van der Waals surface area contributed by atoms with E-state index >= 15 is 0 Å². The van der Waals surface area contributed by atoms with Crippen LogP contribution in [0.5, 0.6) is 11.8 Å². The van der Waals surface area contributed by atoms with Crippen LogP contribution in [-0.4, -0.2) is 27.5 Å². The van der Waals surface area contributed by atoms with Gasteiger partial charge in [0.2, 0.25) is 0 Å². The number of nitrogens with zero attached hydrogens (tertiary/aromatic N) is 3. The molecule has 2 amide bonds. The zero-order chi connectivity index (χ0) is 25.7. The van der Waals surface area contributed by atoms with Gasteiger partial charge in [-0.15, -0.1) is 0 Å². The van der Waals surface area contributed by atoms with Gasteiger partial charge in [-0.05, 0) is 55.0 Å². The Morgan fingerprint density at radius 2 is 1.69 bits per heavy atom. The van der Waals surface area contributed by atoms with Crippen LogP contribution >= 0.6 is 22.9 Å². The van der Waals surface area contributed by atoms with Crippen LogP contribution in [0.25, 0.3) is 10.4 Å². The fourth-order valence-electron chi connectivity index (χ4n) is 2.99. The van der Waals surface area contributed by atoms with Crippen molar-refractivity contribution >= 4 is 45.5 Å². The highest BCUT2D eigenvalue weighted by Crippen LogP contribution is 2.33. The van der Waals surface area contributed by atoms with Crippen LogP contribution in [0.4, 0.5) is 34.5 Å². The van der Waals surface area contributed by atoms with Crippen molar-refractivity contribution in [1.82, 2.24) is 15.0 Å². The van der Waals surface area contributed by atoms with Crippen LogP contribution in [0.1, 0.15) is 12.5 Å². The molecule has 0 bridgehead atoms. The van der Waals surface area contributed by atoms with Crippen molar-refractivity contribution in [2.75, 3.05) is 22.5 Å². The summed E-state index contributed by atoms with van der Waals surface area (Å²) in [6.45, 7) is 2.80. The molecule has 0 saturated heterocycles. The van der Waals surface area contributed by atoms with Crippen molar-refractivity contribution in [2.24, 2.45) is 0 Å². The highest BCUT2D eigenvalue weighted by atomic mass is 35.5. The molecule has 0 aliphatic rings. The van der Waals surface area contributed by atoms with Gasteiger partial charge >= 0.3 is 18.2 Å². The van der Waals surface area contributed by atoms with Gasteiger partial charge in [-0.3, -0.25) is 0 Å². The number of rotatable bonds is 7. The summed E-state index contributed by atoms with van der Waals surface area (Å²) in [5.41, 5.74) is 0.0915. The van der Waals surface area contributed by atoms with Crippen LogP contribution in [0.3, 0.4) is 0 Å². The molecule has 4 rings (SSSR count). The molecule has 36 heavy (non-hydrogen) atoms. The summed E-state index contributed by atoms with van der Waals surface area (Å²) in [5, 5.41) is 8.58. The maximum absolute atomic E-state index is 12.9. The number of hydrogen-bond acceptors (Lipinski definition) is 7. The molecule has 0 aliphatic carbocycles. The molecular formula is C23H18ClF3N6O2S. The molecule has 0 saturated carbocycles. The molecule has 0 unspecified atom stereocenters. The van der Waals surface area contributed by atoms with E-state index in [1.807, 2.05) is 19.1 Å². The van der Waals surface area contributed by atoms with E-state index < -0.39 is 17.8 Å². The van der Waals surface area contributed by atoms with Crippen LogP contribution in [0.15, 0.2) is 61.1 Å². The maximum atomic E-state index is 12.9. The van der Waals surface area contributed by atoms with Gasteiger partial charge in [0, 0.05) is 23.5 Å². The second-order valence-corrected chi connectivity index (χ2v) is 8.71. The van der Waals surface area contributed by atoms with E-state index in [0.29, 0.717) is 5.75 Å². The topological polar surface area (TPSA) is 101 Å². The number of ether oxygens (including phenoxy) is 1. The Balaban J connectivity index is 1.34. The van der Waals surface area contributed by atoms with Crippen LogP contribution in [0, 0.1) is 0 Å². The second kappa shape index (κ2) is 10.8. The first kappa shape index (κ1) is 25.2. The van der Waals surface area contributed by atoms with Gasteiger partial charge in [-0.2, -0.15) is 13.2 Å². The molecule has 2 aromatic heterocycles. The van der Waals surface area contributed by atoms with Gasteiger partial charge in [-0.1, -0.05) is 22.9 Å². The minimum atomic E-state index is -4.60. The lowest BCUT2D eigenvalue weighted by molar-refractivity contribution is -0.137. The first-order chi connectivity index (χ1) is 17.2. The SMILES string of the molecule is CCNc1ncc(-c2ccc(Oc3ncc(NC(=O)Nc4cc(Cl)cc(C(F)(F)F)c4)cn3)cc2)s1. The smallest absolute Gasteiger partial charge is 0.416 e. The molecule has 2 aromatic carbocycles. The lowest BCUT2D eigenvalue weighted by Crippen LogP contribution is -2.20. The Hall–Kier alpha value is -3.90. The highest BCUT2D eigenvalue weighted by molar-refractivity contribution is 7.18. The molecule has 0 radical (unpaired) electrons. The number of aromatic nitrogens is 3. The van der Waals surface area contributed by atoms with E-state index in [4.69, 9.17) is 16.3 Å². The summed E-state index contributed by atoms with van der Waals surface area (Å²) in [5.74, 6) is 0.509. The number of amides is 2. The molecule has 4 aromatic rings. The Morgan fingerprint density at radius 1 is 1.00 bits per heavy atom. The number of carbonyl (C=O) groups excluding carboxylic acids is 1. The van der Waals surface area contributed by atoms with E-state index in [2.05, 4.69) is 30.9 Å². The Bertz CT molecular complexity index is 1350.